The Hall–Kier alpha value is -2.08. The third-order valence-electron chi connectivity index (χ3n) is 2.95. The van der Waals surface area contributed by atoms with Gasteiger partial charge in [-0.15, -0.1) is 0 Å². The monoisotopic (exact) mass is 308 g/mol. The molecule has 1 rings (SSSR count). The highest BCUT2D eigenvalue weighted by Crippen LogP contribution is 2.16. The minimum atomic E-state index is -0.919. The van der Waals surface area contributed by atoms with Gasteiger partial charge in [-0.3, -0.25) is 4.79 Å². The molecule has 0 bridgehead atoms. The van der Waals surface area contributed by atoms with Crippen molar-refractivity contribution in [3.05, 3.63) is 29.8 Å². The lowest BCUT2D eigenvalue weighted by Crippen LogP contribution is -2.46. The highest BCUT2D eigenvalue weighted by Gasteiger charge is 2.27. The van der Waals surface area contributed by atoms with E-state index in [1.807, 2.05) is 0 Å². The lowest BCUT2D eigenvalue weighted by Gasteiger charge is -2.24. The number of nitrogens with one attached hydrogen (secondary N) is 1. The lowest BCUT2D eigenvalue weighted by atomic mass is 10.1. The first kappa shape index (κ1) is 18.0. The number of amides is 1. The minimum absolute atomic E-state index is 0.0940. The summed E-state index contributed by atoms with van der Waals surface area (Å²) >= 11 is 0. The van der Waals surface area contributed by atoms with E-state index in [2.05, 4.69) is 5.32 Å². The molecule has 0 saturated heterocycles. The molecular weight excluding hydrogens is 284 g/mol. The number of aromatic hydroxyl groups is 1. The van der Waals surface area contributed by atoms with Gasteiger partial charge in [-0.05, 0) is 44.9 Å². The van der Waals surface area contributed by atoms with Crippen molar-refractivity contribution in [2.75, 3.05) is 0 Å². The van der Waals surface area contributed by atoms with Crippen LogP contribution in [0.3, 0.4) is 0 Å². The van der Waals surface area contributed by atoms with Crippen molar-refractivity contribution in [2.24, 2.45) is 5.73 Å². The van der Waals surface area contributed by atoms with Gasteiger partial charge >= 0.3 is 5.97 Å². The molecule has 6 nitrogen and oxygen atoms in total. The van der Waals surface area contributed by atoms with Crippen molar-refractivity contribution in [3.63, 3.8) is 0 Å². The second kappa shape index (κ2) is 7.26. The maximum Gasteiger partial charge on any atom is 0.329 e. The number of benzene rings is 1. The summed E-state index contributed by atoms with van der Waals surface area (Å²) in [5.41, 5.74) is 5.81. The normalized spacial score (nSPS) is 14.0. The van der Waals surface area contributed by atoms with Gasteiger partial charge in [0.25, 0.3) is 0 Å². The average molecular weight is 308 g/mol. The molecule has 0 fully saturated rings. The molecule has 122 valence electrons. The third kappa shape index (κ3) is 5.37. The summed E-state index contributed by atoms with van der Waals surface area (Å²) < 4.78 is 5.27. The molecule has 0 saturated carbocycles. The van der Waals surface area contributed by atoms with Crippen molar-refractivity contribution in [1.82, 2.24) is 5.32 Å². The smallest absolute Gasteiger partial charge is 0.329 e. The van der Waals surface area contributed by atoms with Crippen LogP contribution in [0.15, 0.2) is 24.3 Å². The van der Waals surface area contributed by atoms with Crippen molar-refractivity contribution in [3.8, 4) is 5.75 Å². The predicted molar refractivity (Wildman–Crippen MR) is 83.1 cm³/mol. The average Bonchev–Trinajstić information content (AvgIpc) is 2.42. The number of esters is 1. The first-order chi connectivity index (χ1) is 10.1. The Balaban J connectivity index is 2.72. The molecule has 0 aliphatic rings. The molecule has 1 amide bonds. The van der Waals surface area contributed by atoms with Crippen LogP contribution in [0, 0.1) is 0 Å². The van der Waals surface area contributed by atoms with Crippen LogP contribution in [0.4, 0.5) is 0 Å². The third-order valence-corrected chi connectivity index (χ3v) is 2.95. The number of nitrogens with two attached hydrogens (primary N) is 1. The van der Waals surface area contributed by atoms with Crippen LogP contribution >= 0.6 is 0 Å². The summed E-state index contributed by atoms with van der Waals surface area (Å²) in [5.74, 6) is -0.860. The van der Waals surface area contributed by atoms with E-state index in [4.69, 9.17) is 10.5 Å². The maximum absolute atomic E-state index is 12.2. The molecule has 0 radical (unpaired) electrons. The van der Waals surface area contributed by atoms with Crippen molar-refractivity contribution in [1.29, 1.82) is 0 Å². The maximum atomic E-state index is 12.2. The van der Waals surface area contributed by atoms with Gasteiger partial charge in [0.1, 0.15) is 23.4 Å². The number of carbonyl (C=O) groups is 2. The summed E-state index contributed by atoms with van der Waals surface area (Å²) in [7, 11) is 0. The number of carbonyl (C=O) groups excluding carboxylic acids is 2. The fraction of sp³-hybridized carbons (Fsp3) is 0.500. The molecule has 22 heavy (non-hydrogen) atoms. The van der Waals surface area contributed by atoms with E-state index in [1.165, 1.54) is 12.1 Å². The molecule has 1 aromatic carbocycles. The van der Waals surface area contributed by atoms with Gasteiger partial charge < -0.3 is 20.9 Å². The standard InChI is InChI=1S/C16H24N2O4/c1-5-12(15(21)22-16(2,3)4)18-14(20)13(17)10-6-8-11(19)9-7-10/h6-9,12-13,19H,5,17H2,1-4H3,(H,18,20)/t12?,13-/m1/s1. The Morgan fingerprint density at radius 3 is 2.27 bits per heavy atom. The summed E-state index contributed by atoms with van der Waals surface area (Å²) in [6, 6.07) is 4.37. The molecule has 0 heterocycles. The number of hydrogen-bond donors (Lipinski definition) is 3. The van der Waals surface area contributed by atoms with E-state index < -0.39 is 29.6 Å². The molecule has 0 aliphatic heterocycles. The van der Waals surface area contributed by atoms with Gasteiger partial charge in [0, 0.05) is 0 Å². The minimum Gasteiger partial charge on any atom is -0.508 e. The van der Waals surface area contributed by atoms with Crippen LogP contribution in [0.5, 0.6) is 5.75 Å². The molecule has 0 aromatic heterocycles. The van der Waals surface area contributed by atoms with Gasteiger partial charge in [-0.1, -0.05) is 19.1 Å². The van der Waals surface area contributed by atoms with E-state index in [1.54, 1.807) is 39.8 Å². The summed E-state index contributed by atoms with van der Waals surface area (Å²) in [4.78, 5) is 24.2. The van der Waals surface area contributed by atoms with Gasteiger partial charge in [-0.25, -0.2) is 4.79 Å². The van der Waals surface area contributed by atoms with Gasteiger partial charge in [-0.2, -0.15) is 0 Å². The van der Waals surface area contributed by atoms with Crippen LogP contribution in [0.25, 0.3) is 0 Å². The lowest BCUT2D eigenvalue weighted by molar-refractivity contribution is -0.158. The van der Waals surface area contributed by atoms with Gasteiger partial charge in [0.05, 0.1) is 0 Å². The summed E-state index contributed by atoms with van der Waals surface area (Å²) in [5, 5.41) is 11.8. The zero-order valence-electron chi connectivity index (χ0n) is 13.4. The Bertz CT molecular complexity index is 520. The van der Waals surface area contributed by atoms with Gasteiger partial charge in [0.2, 0.25) is 5.91 Å². The van der Waals surface area contributed by atoms with Gasteiger partial charge in [0.15, 0.2) is 0 Å². The quantitative estimate of drug-likeness (QED) is 0.718. The molecule has 0 aliphatic carbocycles. The number of rotatable bonds is 5. The predicted octanol–water partition coefficient (Wildman–Crippen LogP) is 1.63. The van der Waals surface area contributed by atoms with Crippen molar-refractivity contribution < 1.29 is 19.4 Å². The Labute approximate surface area is 130 Å². The molecule has 1 aromatic rings. The number of ether oxygens (including phenoxy) is 1. The Morgan fingerprint density at radius 2 is 1.82 bits per heavy atom. The Kier molecular flexibility index (Phi) is 5.93. The van der Waals surface area contributed by atoms with Crippen LogP contribution in [-0.4, -0.2) is 28.6 Å². The van der Waals surface area contributed by atoms with Crippen molar-refractivity contribution >= 4 is 11.9 Å². The SMILES string of the molecule is CCC(NC(=O)[C@H](N)c1ccc(O)cc1)C(=O)OC(C)(C)C. The highest BCUT2D eigenvalue weighted by atomic mass is 16.6. The number of phenols is 1. The molecule has 4 N–H and O–H groups in total. The highest BCUT2D eigenvalue weighted by molar-refractivity contribution is 5.88. The molecule has 6 heteroatoms. The van der Waals surface area contributed by atoms with E-state index in [-0.39, 0.29) is 5.75 Å². The second-order valence-electron chi connectivity index (χ2n) is 6.07. The molecule has 2 atom stereocenters. The van der Waals surface area contributed by atoms with Crippen molar-refractivity contribution in [2.45, 2.75) is 51.8 Å². The van der Waals surface area contributed by atoms with Crippen LogP contribution in [0.1, 0.15) is 45.7 Å². The number of phenolic OH excluding ortho intramolecular Hbond substituents is 1. The zero-order valence-corrected chi connectivity index (χ0v) is 13.4. The topological polar surface area (TPSA) is 102 Å². The van der Waals surface area contributed by atoms with Crippen LogP contribution in [-0.2, 0) is 14.3 Å². The van der Waals surface area contributed by atoms with Crippen LogP contribution < -0.4 is 11.1 Å². The van der Waals surface area contributed by atoms with E-state index in [0.29, 0.717) is 12.0 Å². The van der Waals surface area contributed by atoms with E-state index in [9.17, 15) is 14.7 Å². The molecule has 1 unspecified atom stereocenters. The second-order valence-corrected chi connectivity index (χ2v) is 6.07. The van der Waals surface area contributed by atoms with Crippen LogP contribution in [0.2, 0.25) is 0 Å². The first-order valence-electron chi connectivity index (χ1n) is 7.21. The Morgan fingerprint density at radius 1 is 1.27 bits per heavy atom. The fourth-order valence-electron chi connectivity index (χ4n) is 1.80. The summed E-state index contributed by atoms with van der Waals surface area (Å²) in [6.07, 6.45) is 0.406. The molecule has 0 spiro atoms. The first-order valence-corrected chi connectivity index (χ1v) is 7.21. The largest absolute Gasteiger partial charge is 0.508 e. The van der Waals surface area contributed by atoms with E-state index in [0.717, 1.165) is 0 Å². The summed E-state index contributed by atoms with van der Waals surface area (Å²) in [6.45, 7) is 7.08. The number of hydrogen-bond acceptors (Lipinski definition) is 5. The fourth-order valence-corrected chi connectivity index (χ4v) is 1.80. The molecular formula is C16H24N2O4. The van der Waals surface area contributed by atoms with E-state index >= 15 is 0 Å². The zero-order chi connectivity index (χ0) is 16.9.